The average Bonchev–Trinajstić information content (AvgIpc) is 2.49. The fraction of sp³-hybridized carbons (Fsp3) is 0.467. The van der Waals surface area contributed by atoms with Crippen molar-refractivity contribution in [3.8, 4) is 0 Å². The Morgan fingerprint density at radius 2 is 2.19 bits per heavy atom. The highest BCUT2D eigenvalue weighted by Gasteiger charge is 2.30. The molecule has 1 aromatic carbocycles. The van der Waals surface area contributed by atoms with E-state index in [1.54, 1.807) is 4.90 Å². The Bertz CT molecular complexity index is 550. The van der Waals surface area contributed by atoms with Crippen LogP contribution in [-0.4, -0.2) is 36.5 Å². The zero-order chi connectivity index (χ0) is 15.4. The highest BCUT2D eigenvalue weighted by atomic mass is 79.9. The van der Waals surface area contributed by atoms with E-state index < -0.39 is 5.82 Å². The van der Waals surface area contributed by atoms with Crippen LogP contribution in [0.3, 0.4) is 0 Å². The van der Waals surface area contributed by atoms with E-state index in [4.69, 9.17) is 0 Å². The first-order valence-corrected chi connectivity index (χ1v) is 7.65. The molecule has 0 N–H and O–H groups in total. The number of hydrogen-bond acceptors (Lipinski definition) is 3. The van der Waals surface area contributed by atoms with Crippen LogP contribution in [0.5, 0.6) is 0 Å². The van der Waals surface area contributed by atoms with Gasteiger partial charge in [-0.1, -0.05) is 0 Å². The zero-order valence-corrected chi connectivity index (χ0v) is 13.4. The van der Waals surface area contributed by atoms with Crippen LogP contribution in [0.4, 0.5) is 4.39 Å². The molecule has 114 valence electrons. The lowest BCUT2D eigenvalue weighted by molar-refractivity contribution is -0.142. The van der Waals surface area contributed by atoms with Crippen molar-refractivity contribution in [2.24, 2.45) is 0 Å². The van der Waals surface area contributed by atoms with Gasteiger partial charge in [0.15, 0.2) is 0 Å². The van der Waals surface area contributed by atoms with Crippen LogP contribution in [0.2, 0.25) is 0 Å². The second-order valence-electron chi connectivity index (χ2n) is 5.05. The molecule has 1 amide bonds. The number of methoxy groups -OCH3 is 1. The molecule has 2 rings (SSSR count). The number of nitrogens with zero attached hydrogens (tertiary/aromatic N) is 1. The summed E-state index contributed by atoms with van der Waals surface area (Å²) in [6.07, 6.45) is 2.79. The number of likely N-dealkylation sites (tertiary alicyclic amines) is 1. The first-order valence-electron chi connectivity index (χ1n) is 6.85. The maximum atomic E-state index is 13.4. The summed E-state index contributed by atoms with van der Waals surface area (Å²) in [6.45, 7) is 0.573. The molecule has 21 heavy (non-hydrogen) atoms. The Balaban J connectivity index is 2.22. The molecule has 1 aliphatic rings. The Morgan fingerprint density at radius 1 is 1.43 bits per heavy atom. The van der Waals surface area contributed by atoms with Crippen LogP contribution >= 0.6 is 15.9 Å². The normalized spacial score (nSPS) is 18.4. The summed E-state index contributed by atoms with van der Waals surface area (Å²) in [6, 6.07) is 3.84. The van der Waals surface area contributed by atoms with Gasteiger partial charge in [-0.25, -0.2) is 4.39 Å². The minimum atomic E-state index is -0.455. The van der Waals surface area contributed by atoms with Crippen molar-refractivity contribution in [3.05, 3.63) is 34.1 Å². The predicted octanol–water partition coefficient (Wildman–Crippen LogP) is 3.15. The van der Waals surface area contributed by atoms with Gasteiger partial charge in [-0.05, 0) is 53.4 Å². The van der Waals surface area contributed by atoms with Crippen molar-refractivity contribution in [2.45, 2.75) is 31.7 Å². The molecule has 1 aliphatic heterocycles. The lowest BCUT2D eigenvalue weighted by Gasteiger charge is -2.35. The van der Waals surface area contributed by atoms with Crippen molar-refractivity contribution in [2.75, 3.05) is 13.7 Å². The number of benzene rings is 1. The van der Waals surface area contributed by atoms with Gasteiger partial charge in [0.1, 0.15) is 5.82 Å². The minimum absolute atomic E-state index is 0.176. The summed E-state index contributed by atoms with van der Waals surface area (Å²) < 4.78 is 18.6. The number of carbonyl (C=O) groups excluding carboxylic acids is 2. The van der Waals surface area contributed by atoms with Gasteiger partial charge in [-0.2, -0.15) is 0 Å². The third-order valence-electron chi connectivity index (χ3n) is 3.68. The van der Waals surface area contributed by atoms with Crippen molar-refractivity contribution in [3.63, 3.8) is 0 Å². The average molecular weight is 358 g/mol. The van der Waals surface area contributed by atoms with E-state index in [0.29, 0.717) is 11.0 Å². The van der Waals surface area contributed by atoms with Gasteiger partial charge in [-0.15, -0.1) is 0 Å². The van der Waals surface area contributed by atoms with Crippen LogP contribution in [0.25, 0.3) is 0 Å². The summed E-state index contributed by atoms with van der Waals surface area (Å²) in [5.41, 5.74) is 0.284. The number of rotatable bonds is 3. The maximum absolute atomic E-state index is 13.4. The second kappa shape index (κ2) is 7.02. The molecule has 0 aromatic heterocycles. The van der Waals surface area contributed by atoms with E-state index in [-0.39, 0.29) is 29.9 Å². The molecule has 0 spiro atoms. The lowest BCUT2D eigenvalue weighted by Crippen LogP contribution is -2.45. The summed E-state index contributed by atoms with van der Waals surface area (Å²) in [4.78, 5) is 25.8. The number of carbonyl (C=O) groups is 2. The molecular weight excluding hydrogens is 341 g/mol. The van der Waals surface area contributed by atoms with Gasteiger partial charge in [0.2, 0.25) is 0 Å². The number of esters is 1. The fourth-order valence-corrected chi connectivity index (χ4v) is 2.99. The molecule has 1 fully saturated rings. The number of hydrogen-bond donors (Lipinski definition) is 0. The van der Waals surface area contributed by atoms with Crippen molar-refractivity contribution < 1.29 is 18.7 Å². The highest BCUT2D eigenvalue weighted by Crippen LogP contribution is 2.26. The van der Waals surface area contributed by atoms with E-state index in [9.17, 15) is 14.0 Å². The molecule has 6 heteroatoms. The van der Waals surface area contributed by atoms with E-state index in [0.717, 1.165) is 19.3 Å². The minimum Gasteiger partial charge on any atom is -0.469 e. The van der Waals surface area contributed by atoms with Gasteiger partial charge >= 0.3 is 5.97 Å². The summed E-state index contributed by atoms with van der Waals surface area (Å²) in [5.74, 6) is -1.05. The van der Waals surface area contributed by atoms with Crippen LogP contribution in [0, 0.1) is 5.82 Å². The zero-order valence-electron chi connectivity index (χ0n) is 11.8. The molecule has 0 saturated carbocycles. The smallest absolute Gasteiger partial charge is 0.307 e. The first-order chi connectivity index (χ1) is 10.0. The molecule has 0 bridgehead atoms. The third-order valence-corrected chi connectivity index (χ3v) is 4.37. The molecule has 1 saturated heterocycles. The van der Waals surface area contributed by atoms with Gasteiger partial charge in [0.05, 0.1) is 19.1 Å². The monoisotopic (exact) mass is 357 g/mol. The second-order valence-corrected chi connectivity index (χ2v) is 5.91. The van der Waals surface area contributed by atoms with E-state index in [1.165, 1.54) is 25.3 Å². The Morgan fingerprint density at radius 3 is 2.90 bits per heavy atom. The maximum Gasteiger partial charge on any atom is 0.307 e. The van der Waals surface area contributed by atoms with Crippen LogP contribution in [0.1, 0.15) is 36.0 Å². The number of ether oxygens (including phenoxy) is 1. The van der Waals surface area contributed by atoms with Crippen molar-refractivity contribution >= 4 is 27.8 Å². The quantitative estimate of drug-likeness (QED) is 0.780. The van der Waals surface area contributed by atoms with Crippen LogP contribution in [0.15, 0.2) is 22.7 Å². The number of halogens is 2. The number of piperidine rings is 1. The standard InChI is InChI=1S/C15H17BrFNO3/c1-21-14(19)9-11-4-2-3-7-18(11)15(20)12-8-10(17)5-6-13(12)16/h5-6,8,11H,2-4,7,9H2,1H3. The molecule has 1 heterocycles. The molecule has 0 radical (unpaired) electrons. The Kier molecular flexibility index (Phi) is 5.33. The van der Waals surface area contributed by atoms with Gasteiger partial charge in [-0.3, -0.25) is 9.59 Å². The third kappa shape index (κ3) is 3.81. The summed E-state index contributed by atoms with van der Waals surface area (Å²) in [5, 5.41) is 0. The Hall–Kier alpha value is -1.43. The van der Waals surface area contributed by atoms with Crippen LogP contribution < -0.4 is 0 Å². The molecule has 1 aromatic rings. The molecule has 0 aliphatic carbocycles. The predicted molar refractivity (Wildman–Crippen MR) is 79.4 cm³/mol. The van der Waals surface area contributed by atoms with E-state index >= 15 is 0 Å². The highest BCUT2D eigenvalue weighted by molar-refractivity contribution is 9.10. The van der Waals surface area contributed by atoms with E-state index in [2.05, 4.69) is 20.7 Å². The molecule has 4 nitrogen and oxygen atoms in total. The summed E-state index contributed by atoms with van der Waals surface area (Å²) in [7, 11) is 1.33. The SMILES string of the molecule is COC(=O)CC1CCCCN1C(=O)c1cc(F)ccc1Br. The van der Waals surface area contributed by atoms with Crippen molar-refractivity contribution in [1.82, 2.24) is 4.90 Å². The Labute approximate surface area is 131 Å². The number of amides is 1. The largest absolute Gasteiger partial charge is 0.469 e. The van der Waals surface area contributed by atoms with Gasteiger partial charge in [0.25, 0.3) is 5.91 Å². The van der Waals surface area contributed by atoms with Gasteiger partial charge < -0.3 is 9.64 Å². The topological polar surface area (TPSA) is 46.6 Å². The van der Waals surface area contributed by atoms with E-state index in [1.807, 2.05) is 0 Å². The van der Waals surface area contributed by atoms with Crippen molar-refractivity contribution in [1.29, 1.82) is 0 Å². The first kappa shape index (κ1) is 15.9. The molecule has 1 atom stereocenters. The fourth-order valence-electron chi connectivity index (χ4n) is 2.57. The van der Waals surface area contributed by atoms with Gasteiger partial charge in [0, 0.05) is 17.1 Å². The summed E-state index contributed by atoms with van der Waals surface area (Å²) >= 11 is 3.28. The molecular formula is C15H17BrFNO3. The lowest BCUT2D eigenvalue weighted by atomic mass is 9.98. The van der Waals surface area contributed by atoms with Crippen LogP contribution in [-0.2, 0) is 9.53 Å². The molecule has 1 unspecified atom stereocenters.